The maximum absolute atomic E-state index is 11.2. The van der Waals surface area contributed by atoms with E-state index in [1.54, 1.807) is 0 Å². The second kappa shape index (κ2) is 7.21. The van der Waals surface area contributed by atoms with Crippen LogP contribution in [0.5, 0.6) is 0 Å². The minimum Gasteiger partial charge on any atom is -0.350 e. The van der Waals surface area contributed by atoms with Gasteiger partial charge in [0, 0.05) is 11.8 Å². The average molecular weight is 390 g/mol. The molecule has 2 rings (SSSR count). The number of nitrogens with zero attached hydrogens (tertiary/aromatic N) is 1. The van der Waals surface area contributed by atoms with E-state index in [1.807, 2.05) is 5.48 Å². The van der Waals surface area contributed by atoms with Crippen LogP contribution in [0.25, 0.3) is 0 Å². The van der Waals surface area contributed by atoms with Gasteiger partial charge in [0.1, 0.15) is 5.69 Å². The topological polar surface area (TPSA) is 151 Å². The lowest BCUT2D eigenvalue weighted by Gasteiger charge is -2.12. The minimum absolute atomic E-state index is 0.0217. The lowest BCUT2D eigenvalue weighted by molar-refractivity contribution is -0.383. The van der Waals surface area contributed by atoms with Gasteiger partial charge in [0.25, 0.3) is 15.8 Å². The molecule has 4 N–H and O–H groups in total. The van der Waals surface area contributed by atoms with Crippen molar-refractivity contribution >= 4 is 44.5 Å². The van der Waals surface area contributed by atoms with Gasteiger partial charge < -0.3 is 5.32 Å². The maximum atomic E-state index is 11.2. The third-order valence-electron chi connectivity index (χ3n) is 3.17. The molecule has 0 aliphatic rings. The van der Waals surface area contributed by atoms with Gasteiger partial charge in [-0.1, -0.05) is 11.6 Å². The van der Waals surface area contributed by atoms with E-state index in [1.165, 1.54) is 25.1 Å². The molecule has 25 heavy (non-hydrogen) atoms. The summed E-state index contributed by atoms with van der Waals surface area (Å²) in [5.74, 6) is 0. The largest absolute Gasteiger partial charge is 0.350 e. The molecule has 0 aliphatic carbocycles. The highest BCUT2D eigenvalue weighted by Gasteiger charge is 2.19. The number of anilines is 3. The fourth-order valence-electron chi connectivity index (χ4n) is 2.11. The Hall–Kier alpha value is -2.44. The van der Waals surface area contributed by atoms with Crippen LogP contribution in [0.15, 0.2) is 35.2 Å². The van der Waals surface area contributed by atoms with Crippen molar-refractivity contribution in [1.29, 1.82) is 0 Å². The van der Waals surface area contributed by atoms with Crippen LogP contribution >= 0.6 is 11.6 Å². The van der Waals surface area contributed by atoms with Crippen molar-refractivity contribution in [3.63, 3.8) is 0 Å². The first-order chi connectivity index (χ1) is 11.6. The summed E-state index contributed by atoms with van der Waals surface area (Å²) in [7, 11) is -4.37. The van der Waals surface area contributed by atoms with E-state index in [2.05, 4.69) is 10.3 Å². The molecule has 0 fully saturated rings. The molecule has 0 saturated heterocycles. The van der Waals surface area contributed by atoms with E-state index in [9.17, 15) is 18.5 Å². The highest BCUT2D eigenvalue weighted by Crippen LogP contribution is 2.36. The van der Waals surface area contributed by atoms with Crippen LogP contribution in [0.3, 0.4) is 0 Å². The molecule has 0 atom stereocenters. The summed E-state index contributed by atoms with van der Waals surface area (Å²) >= 11 is 5.94. The van der Waals surface area contributed by atoms with Crippen LogP contribution in [0.4, 0.5) is 22.7 Å². The zero-order valence-electron chi connectivity index (χ0n) is 12.6. The summed E-state index contributed by atoms with van der Waals surface area (Å²) in [6, 6.07) is 6.16. The minimum atomic E-state index is -4.37. The number of benzene rings is 2. The van der Waals surface area contributed by atoms with E-state index in [4.69, 9.17) is 21.4 Å². The van der Waals surface area contributed by atoms with Crippen molar-refractivity contribution in [3.05, 3.63) is 51.0 Å². The van der Waals surface area contributed by atoms with Crippen molar-refractivity contribution in [1.82, 2.24) is 0 Å². The number of nitrogens with one attached hydrogen (secondary N) is 2. The number of aryl methyl sites for hydroxylation is 1. The van der Waals surface area contributed by atoms with E-state index < -0.39 is 15.0 Å². The first kappa shape index (κ1) is 18.9. The number of nitro groups is 1. The molecule has 2 aromatic carbocycles. The smallest absolute Gasteiger partial charge is 0.294 e. The second-order valence-electron chi connectivity index (χ2n) is 4.88. The number of rotatable bonds is 6. The Morgan fingerprint density at radius 1 is 1.24 bits per heavy atom. The van der Waals surface area contributed by atoms with Gasteiger partial charge in [-0.15, -0.1) is 4.99 Å². The summed E-state index contributed by atoms with van der Waals surface area (Å²) in [4.78, 5) is 14.0. The Morgan fingerprint density at radius 2 is 1.92 bits per heavy atom. The second-order valence-corrected chi connectivity index (χ2v) is 6.68. The lowest BCUT2D eigenvalue weighted by atomic mass is 10.2. The van der Waals surface area contributed by atoms with Gasteiger partial charge >= 0.3 is 0 Å². The first-order valence-corrected chi connectivity index (χ1v) is 8.35. The molecule has 2 aromatic rings. The summed E-state index contributed by atoms with van der Waals surface area (Å²) in [5, 5.41) is 22.4. The molecule has 0 saturated carbocycles. The molecule has 0 amide bonds. The first-order valence-electron chi connectivity index (χ1n) is 6.53. The number of nitro benzene ring substituents is 1. The molecular weight excluding hydrogens is 378 g/mol. The molecule has 0 aliphatic heterocycles. The Balaban J connectivity index is 2.45. The van der Waals surface area contributed by atoms with Crippen LogP contribution < -0.4 is 10.8 Å². The molecule has 134 valence electrons. The van der Waals surface area contributed by atoms with E-state index in [0.717, 1.165) is 12.1 Å². The molecule has 0 bridgehead atoms. The monoisotopic (exact) mass is 389 g/mol. The standard InChI is InChI=1S/C13H12ClN3O7S/c1-7-4-8(2-3-13(7)25(21,22)23)15-11-5-9(14)10(16-24-20)6-12(11)17(18)19/h2-6,15-16,20H,1H3,(H,21,22,23). The van der Waals surface area contributed by atoms with Crippen LogP contribution in [0.2, 0.25) is 5.02 Å². The van der Waals surface area contributed by atoms with E-state index in [-0.39, 0.29) is 32.5 Å². The molecule has 12 heteroatoms. The van der Waals surface area contributed by atoms with Crippen LogP contribution in [-0.2, 0) is 15.1 Å². The van der Waals surface area contributed by atoms with Crippen molar-refractivity contribution in [2.45, 2.75) is 11.8 Å². The summed E-state index contributed by atoms with van der Waals surface area (Å²) in [5.41, 5.74) is 2.19. The van der Waals surface area contributed by atoms with Gasteiger partial charge in [-0.05, 0) is 36.8 Å². The van der Waals surface area contributed by atoms with Gasteiger partial charge in [0.2, 0.25) is 0 Å². The van der Waals surface area contributed by atoms with Crippen LogP contribution in [0, 0.1) is 17.0 Å². The molecule has 10 nitrogen and oxygen atoms in total. The number of halogens is 1. The third-order valence-corrected chi connectivity index (χ3v) is 4.50. The zero-order valence-corrected chi connectivity index (χ0v) is 14.1. The Bertz CT molecular complexity index is 933. The molecule has 0 unspecified atom stereocenters. The highest BCUT2D eigenvalue weighted by atomic mass is 35.5. The Labute approximate surface area is 146 Å². The quantitative estimate of drug-likeness (QED) is 0.252. The predicted octanol–water partition coefficient (Wildman–Crippen LogP) is 3.36. The van der Waals surface area contributed by atoms with E-state index >= 15 is 0 Å². The molecule has 0 aromatic heterocycles. The summed E-state index contributed by atoms with van der Waals surface area (Å²) in [6.07, 6.45) is 0. The van der Waals surface area contributed by atoms with Crippen molar-refractivity contribution in [2.75, 3.05) is 10.8 Å². The maximum Gasteiger partial charge on any atom is 0.294 e. The van der Waals surface area contributed by atoms with Crippen LogP contribution in [-0.4, -0.2) is 23.2 Å². The molecular formula is C13H12ClN3O7S. The van der Waals surface area contributed by atoms with E-state index in [0.29, 0.717) is 5.69 Å². The van der Waals surface area contributed by atoms with Crippen molar-refractivity contribution in [3.8, 4) is 0 Å². The highest BCUT2D eigenvalue weighted by molar-refractivity contribution is 7.85. The Morgan fingerprint density at radius 3 is 2.44 bits per heavy atom. The fourth-order valence-corrected chi connectivity index (χ4v) is 3.02. The third kappa shape index (κ3) is 4.35. The summed E-state index contributed by atoms with van der Waals surface area (Å²) in [6.45, 7) is 1.46. The van der Waals surface area contributed by atoms with Gasteiger partial charge in [-0.25, -0.2) is 10.7 Å². The number of hydrogen-bond acceptors (Lipinski definition) is 8. The summed E-state index contributed by atoms with van der Waals surface area (Å²) < 4.78 is 31.5. The fraction of sp³-hybridized carbons (Fsp3) is 0.0769. The normalized spacial score (nSPS) is 11.2. The molecule has 0 heterocycles. The van der Waals surface area contributed by atoms with Crippen molar-refractivity contribution < 1.29 is 28.1 Å². The van der Waals surface area contributed by atoms with Gasteiger partial charge in [-0.2, -0.15) is 8.42 Å². The van der Waals surface area contributed by atoms with Crippen molar-refractivity contribution in [2.24, 2.45) is 0 Å². The average Bonchev–Trinajstić information content (AvgIpc) is 2.48. The predicted molar refractivity (Wildman–Crippen MR) is 89.7 cm³/mol. The Kier molecular flexibility index (Phi) is 5.45. The van der Waals surface area contributed by atoms with Crippen LogP contribution in [0.1, 0.15) is 5.56 Å². The number of hydrogen-bond donors (Lipinski definition) is 4. The SMILES string of the molecule is Cc1cc(Nc2cc(Cl)c(NOO)cc2[N+](=O)[O-])ccc1S(=O)(=O)O. The van der Waals surface area contributed by atoms with Gasteiger partial charge in [0.05, 0.1) is 20.5 Å². The lowest BCUT2D eigenvalue weighted by Crippen LogP contribution is -2.03. The molecule has 0 radical (unpaired) electrons. The van der Waals surface area contributed by atoms with Gasteiger partial charge in [-0.3, -0.25) is 14.7 Å². The molecule has 0 spiro atoms. The van der Waals surface area contributed by atoms with Gasteiger partial charge in [0.15, 0.2) is 0 Å². The zero-order chi connectivity index (χ0) is 18.8.